The molecule has 2 aromatic heterocycles. The molecule has 1 aromatic carbocycles. The van der Waals surface area contributed by atoms with Crippen LogP contribution in [0.2, 0.25) is 0 Å². The van der Waals surface area contributed by atoms with Crippen molar-refractivity contribution in [3.05, 3.63) is 51.4 Å². The van der Waals surface area contributed by atoms with E-state index in [1.807, 2.05) is 20.8 Å². The Kier molecular flexibility index (Phi) is 6.03. The first-order valence-corrected chi connectivity index (χ1v) is 9.99. The molecule has 0 radical (unpaired) electrons. The SMILES string of the molecule is CCOc1cccc2cc(C(=O)Nc3sc(C)c(CC)c3C(=O)OC)c(=N)oc12. The first-order chi connectivity index (χ1) is 13.9. The second-order valence-electron chi connectivity index (χ2n) is 6.24. The molecule has 0 bridgehead atoms. The number of ether oxygens (including phenoxy) is 2. The smallest absolute Gasteiger partial charge is 0.341 e. The number of carbonyl (C=O) groups is 2. The van der Waals surface area contributed by atoms with Gasteiger partial charge in [0, 0.05) is 10.3 Å². The van der Waals surface area contributed by atoms with E-state index in [4.69, 9.17) is 19.3 Å². The Hall–Kier alpha value is -3.13. The number of aryl methyl sites for hydroxylation is 1. The third-order valence-corrected chi connectivity index (χ3v) is 5.54. The molecular weight excluding hydrogens is 392 g/mol. The molecule has 7 nitrogen and oxygen atoms in total. The number of benzene rings is 1. The molecule has 1 amide bonds. The second kappa shape index (κ2) is 8.48. The fourth-order valence-corrected chi connectivity index (χ4v) is 4.28. The normalized spacial score (nSPS) is 10.8. The Morgan fingerprint density at radius 2 is 2.03 bits per heavy atom. The summed E-state index contributed by atoms with van der Waals surface area (Å²) in [7, 11) is 1.31. The van der Waals surface area contributed by atoms with Crippen LogP contribution in [0, 0.1) is 12.3 Å². The highest BCUT2D eigenvalue weighted by Gasteiger charge is 2.24. The highest BCUT2D eigenvalue weighted by Crippen LogP contribution is 2.34. The van der Waals surface area contributed by atoms with Crippen LogP contribution < -0.4 is 15.6 Å². The van der Waals surface area contributed by atoms with Crippen LogP contribution in [-0.2, 0) is 11.2 Å². The highest BCUT2D eigenvalue weighted by molar-refractivity contribution is 7.16. The van der Waals surface area contributed by atoms with Crippen molar-refractivity contribution in [2.24, 2.45) is 0 Å². The molecule has 3 aromatic rings. The minimum absolute atomic E-state index is 0.0612. The molecular formula is C21H22N2O5S. The fourth-order valence-electron chi connectivity index (χ4n) is 3.15. The zero-order chi connectivity index (χ0) is 21.1. The van der Waals surface area contributed by atoms with Crippen molar-refractivity contribution in [2.45, 2.75) is 27.2 Å². The van der Waals surface area contributed by atoms with Crippen LogP contribution in [0.4, 0.5) is 5.00 Å². The molecule has 152 valence electrons. The lowest BCUT2D eigenvalue weighted by Crippen LogP contribution is -2.21. The van der Waals surface area contributed by atoms with Gasteiger partial charge < -0.3 is 19.2 Å². The van der Waals surface area contributed by atoms with Gasteiger partial charge in [-0.15, -0.1) is 11.3 Å². The molecule has 8 heteroatoms. The summed E-state index contributed by atoms with van der Waals surface area (Å²) in [5.74, 6) is -0.520. The summed E-state index contributed by atoms with van der Waals surface area (Å²) in [6.45, 7) is 6.14. The molecule has 29 heavy (non-hydrogen) atoms. The van der Waals surface area contributed by atoms with Crippen LogP contribution in [0.1, 0.15) is 45.0 Å². The zero-order valence-electron chi connectivity index (χ0n) is 16.7. The highest BCUT2D eigenvalue weighted by atomic mass is 32.1. The number of esters is 1. The van der Waals surface area contributed by atoms with E-state index >= 15 is 0 Å². The molecule has 0 atom stereocenters. The van der Waals surface area contributed by atoms with Crippen LogP contribution in [0.15, 0.2) is 28.7 Å². The van der Waals surface area contributed by atoms with Crippen molar-refractivity contribution in [3.8, 4) is 5.75 Å². The lowest BCUT2D eigenvalue weighted by atomic mass is 10.1. The molecule has 0 unspecified atom stereocenters. The van der Waals surface area contributed by atoms with Gasteiger partial charge >= 0.3 is 5.97 Å². The summed E-state index contributed by atoms with van der Waals surface area (Å²) in [4.78, 5) is 26.1. The number of fused-ring (bicyclic) bond motifs is 1. The summed E-state index contributed by atoms with van der Waals surface area (Å²) < 4.78 is 16.0. The minimum Gasteiger partial charge on any atom is -0.490 e. The summed E-state index contributed by atoms with van der Waals surface area (Å²) in [5.41, 5.74) is 1.38. The number of methoxy groups -OCH3 is 1. The first kappa shape index (κ1) is 20.6. The van der Waals surface area contributed by atoms with E-state index in [1.54, 1.807) is 24.3 Å². The van der Waals surface area contributed by atoms with Crippen LogP contribution in [0.25, 0.3) is 11.0 Å². The number of rotatable bonds is 6. The average Bonchev–Trinajstić information content (AvgIpc) is 3.02. The van der Waals surface area contributed by atoms with Crippen LogP contribution >= 0.6 is 11.3 Å². The van der Waals surface area contributed by atoms with Crippen molar-refractivity contribution in [3.63, 3.8) is 0 Å². The molecule has 3 rings (SSSR count). The van der Waals surface area contributed by atoms with E-state index in [2.05, 4.69) is 5.32 Å². The topological polar surface area (TPSA) is 102 Å². The van der Waals surface area contributed by atoms with E-state index in [9.17, 15) is 9.59 Å². The standard InChI is InChI=1S/C21H22N2O5S/c1-5-13-11(3)29-20(16(13)21(25)26-4)23-19(24)14-10-12-8-7-9-15(27-6-2)17(12)28-18(14)22/h7-10,22H,5-6H2,1-4H3,(H,23,24). The number of nitrogens with one attached hydrogen (secondary N) is 2. The van der Waals surface area contributed by atoms with Crippen LogP contribution in [-0.4, -0.2) is 25.6 Å². The number of hydrogen-bond acceptors (Lipinski definition) is 7. The van der Waals surface area contributed by atoms with Gasteiger partial charge in [-0.1, -0.05) is 19.1 Å². The molecule has 0 saturated heterocycles. The average molecular weight is 414 g/mol. The predicted octanol–water partition coefficient (Wildman–Crippen LogP) is 4.28. The largest absolute Gasteiger partial charge is 0.490 e. The van der Waals surface area contributed by atoms with Gasteiger partial charge in [0.2, 0.25) is 5.55 Å². The van der Waals surface area contributed by atoms with Crippen molar-refractivity contribution < 1.29 is 23.5 Å². The summed E-state index contributed by atoms with van der Waals surface area (Å²) in [5, 5.41) is 12.0. The maximum Gasteiger partial charge on any atom is 0.341 e. The van der Waals surface area contributed by atoms with E-state index in [-0.39, 0.29) is 11.1 Å². The Labute approximate surface area is 171 Å². The zero-order valence-corrected chi connectivity index (χ0v) is 17.5. The molecule has 0 fully saturated rings. The first-order valence-electron chi connectivity index (χ1n) is 9.17. The van der Waals surface area contributed by atoms with E-state index in [1.165, 1.54) is 18.4 Å². The van der Waals surface area contributed by atoms with Crippen molar-refractivity contribution in [1.82, 2.24) is 0 Å². The van der Waals surface area contributed by atoms with Gasteiger partial charge in [-0.3, -0.25) is 10.2 Å². The predicted molar refractivity (Wildman–Crippen MR) is 111 cm³/mol. The van der Waals surface area contributed by atoms with E-state index in [0.717, 1.165) is 10.4 Å². The van der Waals surface area contributed by atoms with Gasteiger partial charge in [0.05, 0.1) is 19.3 Å². The van der Waals surface area contributed by atoms with E-state index in [0.29, 0.717) is 40.3 Å². The number of para-hydroxylation sites is 1. The lowest BCUT2D eigenvalue weighted by Gasteiger charge is -2.09. The van der Waals surface area contributed by atoms with Crippen LogP contribution in [0.5, 0.6) is 5.75 Å². The maximum absolute atomic E-state index is 12.9. The number of anilines is 1. The molecule has 2 heterocycles. The Bertz CT molecular complexity index is 1150. The number of amides is 1. The molecule has 0 aliphatic rings. The Morgan fingerprint density at radius 1 is 1.28 bits per heavy atom. The lowest BCUT2D eigenvalue weighted by molar-refractivity contribution is 0.0601. The van der Waals surface area contributed by atoms with E-state index < -0.39 is 11.9 Å². The Balaban J connectivity index is 2.02. The van der Waals surface area contributed by atoms with Crippen molar-refractivity contribution >= 4 is 39.2 Å². The molecule has 2 N–H and O–H groups in total. The van der Waals surface area contributed by atoms with Gasteiger partial charge in [0.25, 0.3) is 5.91 Å². The third-order valence-electron chi connectivity index (χ3n) is 4.48. The monoisotopic (exact) mass is 414 g/mol. The Morgan fingerprint density at radius 3 is 2.69 bits per heavy atom. The quantitative estimate of drug-likeness (QED) is 0.586. The summed E-state index contributed by atoms with van der Waals surface area (Å²) >= 11 is 1.31. The molecule has 0 aliphatic heterocycles. The molecule has 0 spiro atoms. The fraction of sp³-hybridized carbons (Fsp3) is 0.286. The van der Waals surface area contributed by atoms with Crippen molar-refractivity contribution in [2.75, 3.05) is 19.0 Å². The number of hydrogen-bond donors (Lipinski definition) is 2. The molecule has 0 saturated carbocycles. The summed E-state index contributed by atoms with van der Waals surface area (Å²) in [6.07, 6.45) is 0.637. The van der Waals surface area contributed by atoms with Crippen LogP contribution in [0.3, 0.4) is 0 Å². The third kappa shape index (κ3) is 3.88. The van der Waals surface area contributed by atoms with Gasteiger partial charge in [-0.05, 0) is 38.0 Å². The van der Waals surface area contributed by atoms with Gasteiger partial charge in [-0.2, -0.15) is 0 Å². The maximum atomic E-state index is 12.9. The molecule has 0 aliphatic carbocycles. The number of carbonyl (C=O) groups excluding carboxylic acids is 2. The van der Waals surface area contributed by atoms with Gasteiger partial charge in [0.1, 0.15) is 10.6 Å². The van der Waals surface area contributed by atoms with Gasteiger partial charge in [0.15, 0.2) is 11.3 Å². The van der Waals surface area contributed by atoms with Crippen molar-refractivity contribution in [1.29, 1.82) is 5.41 Å². The number of thiophene rings is 1. The second-order valence-corrected chi connectivity index (χ2v) is 7.46. The van der Waals surface area contributed by atoms with Gasteiger partial charge in [-0.25, -0.2) is 4.79 Å². The summed E-state index contributed by atoms with van der Waals surface area (Å²) in [6, 6.07) is 6.90. The minimum atomic E-state index is -0.531.